The number of nitrogens with two attached hydrogens (primary N) is 1. The highest BCUT2D eigenvalue weighted by atomic mass is 19.4. The van der Waals surface area contributed by atoms with Gasteiger partial charge >= 0.3 is 6.36 Å². The van der Waals surface area contributed by atoms with Gasteiger partial charge in [0.15, 0.2) is 23.0 Å². The van der Waals surface area contributed by atoms with Crippen molar-refractivity contribution in [3.05, 3.63) is 16.7 Å². The summed E-state index contributed by atoms with van der Waals surface area (Å²) >= 11 is 0. The number of likely N-dealkylation sites (tertiary alicyclic amines) is 1. The van der Waals surface area contributed by atoms with Crippen LogP contribution in [0.5, 0.6) is 11.5 Å². The molecular weight excluding hydrogens is 587 g/mol. The first-order chi connectivity index (χ1) is 20.5. The Morgan fingerprint density at radius 2 is 1.95 bits per heavy atom. The Morgan fingerprint density at radius 3 is 2.57 bits per heavy atom. The van der Waals surface area contributed by atoms with E-state index in [0.717, 1.165) is 0 Å². The maximum atomic E-state index is 14.2. The van der Waals surface area contributed by atoms with Crippen LogP contribution in [0.2, 0.25) is 0 Å². The van der Waals surface area contributed by atoms with E-state index in [-0.39, 0.29) is 42.1 Å². The van der Waals surface area contributed by atoms with Crippen LogP contribution in [0.25, 0.3) is 0 Å². The third-order valence-electron chi connectivity index (χ3n) is 10.5. The van der Waals surface area contributed by atoms with E-state index in [9.17, 15) is 42.6 Å². The van der Waals surface area contributed by atoms with E-state index >= 15 is 0 Å². The summed E-state index contributed by atoms with van der Waals surface area (Å²) in [6, 6.07) is -1.77. The van der Waals surface area contributed by atoms with E-state index in [1.165, 1.54) is 11.9 Å². The van der Waals surface area contributed by atoms with Crippen LogP contribution in [0.4, 0.5) is 18.9 Å². The second-order valence-corrected chi connectivity index (χ2v) is 12.7. The molecule has 2 saturated carbocycles. The molecule has 238 valence electrons. The van der Waals surface area contributed by atoms with Crippen molar-refractivity contribution in [2.24, 2.45) is 35.3 Å². The van der Waals surface area contributed by atoms with E-state index < -0.39 is 93.7 Å². The molecule has 15 heteroatoms. The largest absolute Gasteiger partial charge is 0.573 e. The molecule has 1 amide bonds. The lowest BCUT2D eigenvalue weighted by molar-refractivity contribution is -0.275. The first-order valence-electron chi connectivity index (χ1n) is 14.6. The number of fused-ring (bicyclic) bond motifs is 6. The maximum absolute atomic E-state index is 14.2. The molecule has 6 rings (SSSR count). The van der Waals surface area contributed by atoms with Gasteiger partial charge in [-0.05, 0) is 58.3 Å². The molecule has 1 saturated heterocycles. The van der Waals surface area contributed by atoms with Crippen molar-refractivity contribution in [1.82, 2.24) is 9.80 Å². The van der Waals surface area contributed by atoms with E-state index in [2.05, 4.69) is 10.1 Å². The quantitative estimate of drug-likeness (QED) is 0.240. The van der Waals surface area contributed by atoms with Crippen LogP contribution < -0.4 is 15.8 Å². The van der Waals surface area contributed by atoms with Gasteiger partial charge in [-0.2, -0.15) is 0 Å². The number of ketones is 3. The van der Waals surface area contributed by atoms with Crippen LogP contribution in [0.3, 0.4) is 0 Å². The molecule has 0 aromatic heterocycles. The van der Waals surface area contributed by atoms with Gasteiger partial charge in [0, 0.05) is 29.6 Å². The molecule has 12 nitrogen and oxygen atoms in total. The fourth-order valence-electron chi connectivity index (χ4n) is 8.51. The number of hydrogen-bond donors (Lipinski definition) is 5. The summed E-state index contributed by atoms with van der Waals surface area (Å²) in [7, 11) is 3.29. The standard InChI is InChI=1S/C29H34F3N5O7/c1-4-36(2)20-13-8-11-7-12-15(21(38)14(11)26(41)28(13,43)25(33)17(23(20)40)27(34)42)22(39)18-16(24(12)44-29(30,31)32)19-10(9-35-18)5-6-37(19)3/h10-11,13-14,17,19-20,33,35,39,43H,4-9H2,1-3H3,(H2,34,42). The van der Waals surface area contributed by atoms with Gasteiger partial charge in [0.1, 0.15) is 17.4 Å². The van der Waals surface area contributed by atoms with Crippen LogP contribution in [0.1, 0.15) is 47.3 Å². The average Bonchev–Trinajstić information content (AvgIpc) is 3.32. The molecule has 1 aromatic rings. The number of ether oxygens (including phenoxy) is 1. The number of nitrogens with zero attached hydrogens (tertiary/aromatic N) is 2. The van der Waals surface area contributed by atoms with Gasteiger partial charge in [-0.15, -0.1) is 13.2 Å². The molecule has 8 atom stereocenters. The SMILES string of the molecule is CCN(C)C1C(=O)C(C(N)=O)C(=N)C2(O)C(=O)C3C(=O)c4c(O)c5c(c(OC(F)(F)F)c4CC3CC12)C1C(CCN1C)CN5. The number of carbonyl (C=O) groups is 4. The number of alkyl halides is 3. The summed E-state index contributed by atoms with van der Waals surface area (Å²) < 4.78 is 46.5. The lowest BCUT2D eigenvalue weighted by atomic mass is 9.52. The molecule has 3 fully saturated rings. The van der Waals surface area contributed by atoms with Crippen molar-refractivity contribution in [3.63, 3.8) is 0 Å². The van der Waals surface area contributed by atoms with E-state index in [0.29, 0.717) is 19.5 Å². The number of aromatic hydroxyl groups is 1. The lowest BCUT2D eigenvalue weighted by Crippen LogP contribution is -2.74. The van der Waals surface area contributed by atoms with Crippen LogP contribution in [-0.4, -0.2) is 101 Å². The summed E-state index contributed by atoms with van der Waals surface area (Å²) in [5.74, 6) is -11.3. The summed E-state index contributed by atoms with van der Waals surface area (Å²) in [6.07, 6.45) is -4.97. The van der Waals surface area contributed by atoms with Crippen LogP contribution in [-0.2, 0) is 20.8 Å². The Labute approximate surface area is 250 Å². The van der Waals surface area contributed by atoms with Crippen molar-refractivity contribution in [3.8, 4) is 11.5 Å². The number of anilines is 1. The second kappa shape index (κ2) is 9.97. The van der Waals surface area contributed by atoms with E-state index in [1.54, 1.807) is 14.0 Å². The maximum Gasteiger partial charge on any atom is 0.573 e. The molecule has 6 N–H and O–H groups in total. The third-order valence-corrected chi connectivity index (χ3v) is 10.5. The van der Waals surface area contributed by atoms with Crippen LogP contribution in [0.15, 0.2) is 0 Å². The summed E-state index contributed by atoms with van der Waals surface area (Å²) in [5, 5.41) is 34.9. The lowest BCUT2D eigenvalue weighted by Gasteiger charge is -2.54. The molecule has 1 aromatic carbocycles. The highest BCUT2D eigenvalue weighted by Crippen LogP contribution is 2.58. The van der Waals surface area contributed by atoms with Crippen molar-refractivity contribution in [1.29, 1.82) is 5.41 Å². The minimum atomic E-state index is -5.14. The van der Waals surface area contributed by atoms with Gasteiger partial charge in [0.2, 0.25) is 5.91 Å². The Balaban J connectivity index is 1.54. The molecular formula is C29H34F3N5O7. The number of amides is 1. The van der Waals surface area contributed by atoms with Crippen molar-refractivity contribution in [2.45, 2.75) is 50.2 Å². The van der Waals surface area contributed by atoms with Gasteiger partial charge < -0.3 is 31.4 Å². The number of phenols is 1. The number of benzene rings is 1. The second-order valence-electron chi connectivity index (χ2n) is 12.7. The molecule has 3 aliphatic carbocycles. The summed E-state index contributed by atoms with van der Waals surface area (Å²) in [6.45, 7) is 2.87. The summed E-state index contributed by atoms with van der Waals surface area (Å²) in [5.41, 5.74) is 1.09. The zero-order chi connectivity index (χ0) is 32.2. The number of carbonyl (C=O) groups excluding carboxylic acids is 4. The minimum Gasteiger partial charge on any atom is -0.505 e. The zero-order valence-corrected chi connectivity index (χ0v) is 24.3. The normalized spacial score (nSPS) is 35.0. The van der Waals surface area contributed by atoms with E-state index in [1.807, 2.05) is 4.90 Å². The van der Waals surface area contributed by atoms with Crippen LogP contribution >= 0.6 is 0 Å². The van der Waals surface area contributed by atoms with Crippen molar-refractivity contribution in [2.75, 3.05) is 39.0 Å². The molecule has 0 bridgehead atoms. The van der Waals surface area contributed by atoms with Crippen molar-refractivity contribution >= 4 is 34.7 Å². The molecule has 0 spiro atoms. The predicted octanol–water partition coefficient (Wildman–Crippen LogP) is 1.02. The Bertz CT molecular complexity index is 1510. The number of rotatable bonds is 4. The first kappa shape index (κ1) is 30.5. The molecule has 0 radical (unpaired) electrons. The fraction of sp³-hybridized carbons (Fsp3) is 0.621. The Hall–Kier alpha value is -3.56. The molecule has 2 heterocycles. The van der Waals surface area contributed by atoms with Gasteiger partial charge in [-0.3, -0.25) is 29.0 Å². The van der Waals surface area contributed by atoms with Gasteiger partial charge in [0.05, 0.1) is 28.9 Å². The molecule has 44 heavy (non-hydrogen) atoms. The number of likely N-dealkylation sites (N-methyl/N-ethyl adjacent to an activating group) is 1. The van der Waals surface area contributed by atoms with Gasteiger partial charge in [-0.25, -0.2) is 0 Å². The number of hydrogen-bond acceptors (Lipinski definition) is 11. The molecule has 2 aliphatic heterocycles. The predicted molar refractivity (Wildman–Crippen MR) is 147 cm³/mol. The zero-order valence-electron chi connectivity index (χ0n) is 24.3. The number of phenolic OH excluding ortho intramolecular Hbond substituents is 1. The van der Waals surface area contributed by atoms with Crippen LogP contribution in [0, 0.1) is 35.0 Å². The first-order valence-corrected chi connectivity index (χ1v) is 14.6. The number of aliphatic hydroxyl groups is 1. The number of nitrogens with one attached hydrogen (secondary N) is 2. The van der Waals surface area contributed by atoms with E-state index in [4.69, 9.17) is 11.1 Å². The smallest absolute Gasteiger partial charge is 0.505 e. The Kier molecular flexibility index (Phi) is 6.91. The minimum absolute atomic E-state index is 0.0818. The third kappa shape index (κ3) is 4.04. The molecule has 5 aliphatic rings. The molecule has 8 unspecified atom stereocenters. The summed E-state index contributed by atoms with van der Waals surface area (Å²) in [4.78, 5) is 57.5. The monoisotopic (exact) mass is 621 g/mol. The van der Waals surface area contributed by atoms with Crippen molar-refractivity contribution < 1.29 is 47.3 Å². The van der Waals surface area contributed by atoms with Gasteiger partial charge in [0.25, 0.3) is 0 Å². The number of halogens is 3. The Morgan fingerprint density at radius 1 is 1.27 bits per heavy atom. The number of Topliss-reactive ketones (excluding diaryl/α,β-unsaturated/α-hetero) is 3. The fourth-order valence-corrected chi connectivity index (χ4v) is 8.51. The average molecular weight is 622 g/mol. The highest BCUT2D eigenvalue weighted by molar-refractivity contribution is 6.33. The highest BCUT2D eigenvalue weighted by Gasteiger charge is 2.68. The van der Waals surface area contributed by atoms with Gasteiger partial charge in [-0.1, -0.05) is 6.92 Å². The number of primary amides is 1. The topological polar surface area (TPSA) is 186 Å².